The predicted octanol–water partition coefficient (Wildman–Crippen LogP) is 1.12. The van der Waals surface area contributed by atoms with Crippen LogP contribution >= 0.6 is 11.6 Å². The second-order valence-electron chi connectivity index (χ2n) is 5.24. The highest BCUT2D eigenvalue weighted by Crippen LogP contribution is 2.31. The van der Waals surface area contributed by atoms with Gasteiger partial charge >= 0.3 is 0 Å². The average molecular weight is 332 g/mol. The Kier molecular flexibility index (Phi) is 4.46. The number of carbonyl (C=O) groups excluding carboxylic acids is 1. The van der Waals surface area contributed by atoms with E-state index in [0.717, 1.165) is 0 Å². The minimum atomic E-state index is -3.78. The van der Waals surface area contributed by atoms with Gasteiger partial charge in [0.1, 0.15) is 4.90 Å². The van der Waals surface area contributed by atoms with E-state index < -0.39 is 21.8 Å². The molecular formula is C13H18ClN3O3S. The van der Waals surface area contributed by atoms with Gasteiger partial charge in [-0.3, -0.25) is 4.79 Å². The summed E-state index contributed by atoms with van der Waals surface area (Å²) in [6.07, 6.45) is 1.19. The molecular weight excluding hydrogens is 314 g/mol. The third-order valence-electron chi connectivity index (χ3n) is 3.72. The molecule has 0 aliphatic carbocycles. The molecule has 2 rings (SSSR count). The molecule has 21 heavy (non-hydrogen) atoms. The smallest absolute Gasteiger partial charge is 0.244 e. The van der Waals surface area contributed by atoms with Crippen LogP contribution in [0.4, 0.5) is 5.69 Å². The molecule has 0 saturated carbocycles. The second kappa shape index (κ2) is 5.82. The number of nitrogen functional groups attached to an aromatic ring is 1. The molecule has 1 aliphatic heterocycles. The quantitative estimate of drug-likeness (QED) is 0.809. The average Bonchev–Trinajstić information content (AvgIpc) is 2.42. The van der Waals surface area contributed by atoms with Crippen molar-refractivity contribution in [3.05, 3.63) is 22.7 Å². The highest BCUT2D eigenvalue weighted by Gasteiger charge is 2.33. The largest absolute Gasteiger partial charge is 0.398 e. The number of hydrogen-bond donors (Lipinski definition) is 2. The lowest BCUT2D eigenvalue weighted by molar-refractivity contribution is -0.122. The van der Waals surface area contributed by atoms with Crippen LogP contribution in [-0.2, 0) is 14.8 Å². The van der Waals surface area contributed by atoms with Crippen LogP contribution in [0.1, 0.15) is 18.4 Å². The number of benzene rings is 1. The molecule has 1 aromatic rings. The summed E-state index contributed by atoms with van der Waals surface area (Å²) in [7, 11) is -3.78. The number of nitrogens with zero attached hydrogens (tertiary/aromatic N) is 1. The molecule has 1 atom stereocenters. The standard InChI is InChI=1S/C13H18ClN3O3S/c1-8-5-10(14)12(6-11(8)15)21(19,20)17-4-2-3-9(7-17)13(16)18/h5-6,9H,2-4,7,15H2,1H3,(H2,16,18). The molecule has 1 amide bonds. The van der Waals surface area contributed by atoms with E-state index in [1.807, 2.05) is 0 Å². The van der Waals surface area contributed by atoms with E-state index in [0.29, 0.717) is 30.6 Å². The van der Waals surface area contributed by atoms with Crippen LogP contribution in [0.3, 0.4) is 0 Å². The van der Waals surface area contributed by atoms with E-state index in [2.05, 4.69) is 0 Å². The molecule has 1 aliphatic rings. The summed E-state index contributed by atoms with van der Waals surface area (Å²) >= 11 is 6.05. The van der Waals surface area contributed by atoms with Crippen molar-refractivity contribution >= 4 is 33.2 Å². The Balaban J connectivity index is 2.38. The lowest BCUT2D eigenvalue weighted by Gasteiger charge is -2.30. The van der Waals surface area contributed by atoms with Gasteiger partial charge in [-0.25, -0.2) is 8.42 Å². The van der Waals surface area contributed by atoms with Crippen molar-refractivity contribution in [2.45, 2.75) is 24.7 Å². The Hall–Kier alpha value is -1.31. The van der Waals surface area contributed by atoms with E-state index >= 15 is 0 Å². The monoisotopic (exact) mass is 331 g/mol. The number of nitrogens with two attached hydrogens (primary N) is 2. The van der Waals surface area contributed by atoms with Gasteiger partial charge in [0.25, 0.3) is 0 Å². The molecule has 1 aromatic carbocycles. The van der Waals surface area contributed by atoms with Crippen molar-refractivity contribution in [2.24, 2.45) is 11.7 Å². The van der Waals surface area contributed by atoms with E-state index in [9.17, 15) is 13.2 Å². The van der Waals surface area contributed by atoms with Crippen LogP contribution in [-0.4, -0.2) is 31.7 Å². The summed E-state index contributed by atoms with van der Waals surface area (Å²) in [4.78, 5) is 11.3. The van der Waals surface area contributed by atoms with Gasteiger partial charge in [0, 0.05) is 18.8 Å². The van der Waals surface area contributed by atoms with Crippen molar-refractivity contribution in [1.29, 1.82) is 0 Å². The number of amides is 1. The lowest BCUT2D eigenvalue weighted by atomic mass is 9.99. The van der Waals surface area contributed by atoms with Crippen molar-refractivity contribution in [3.63, 3.8) is 0 Å². The lowest BCUT2D eigenvalue weighted by Crippen LogP contribution is -2.44. The Morgan fingerprint density at radius 1 is 1.43 bits per heavy atom. The molecule has 0 spiro atoms. The third kappa shape index (κ3) is 3.14. The molecule has 8 heteroatoms. The van der Waals surface area contributed by atoms with Crippen molar-refractivity contribution < 1.29 is 13.2 Å². The minimum Gasteiger partial charge on any atom is -0.398 e. The van der Waals surface area contributed by atoms with Crippen LogP contribution in [0.25, 0.3) is 0 Å². The Labute approximate surface area is 129 Å². The van der Waals surface area contributed by atoms with Crippen molar-refractivity contribution in [3.8, 4) is 0 Å². The number of sulfonamides is 1. The molecule has 0 bridgehead atoms. The van der Waals surface area contributed by atoms with E-state index in [4.69, 9.17) is 23.1 Å². The predicted molar refractivity (Wildman–Crippen MR) is 81.3 cm³/mol. The van der Waals surface area contributed by atoms with Crippen LogP contribution in [0, 0.1) is 12.8 Å². The van der Waals surface area contributed by atoms with Gasteiger partial charge in [-0.1, -0.05) is 11.6 Å². The van der Waals surface area contributed by atoms with Gasteiger partial charge in [-0.05, 0) is 37.5 Å². The fourth-order valence-corrected chi connectivity index (χ4v) is 4.51. The first-order chi connectivity index (χ1) is 9.73. The number of halogens is 1. The Bertz CT molecular complexity index is 675. The van der Waals surface area contributed by atoms with Crippen molar-refractivity contribution in [2.75, 3.05) is 18.8 Å². The first-order valence-electron chi connectivity index (χ1n) is 6.58. The van der Waals surface area contributed by atoms with Crippen LogP contribution < -0.4 is 11.5 Å². The fourth-order valence-electron chi connectivity index (χ4n) is 2.40. The van der Waals surface area contributed by atoms with Crippen molar-refractivity contribution in [1.82, 2.24) is 4.31 Å². The summed E-state index contributed by atoms with van der Waals surface area (Å²) in [5.41, 5.74) is 12.1. The van der Waals surface area contributed by atoms with Gasteiger partial charge in [0.15, 0.2) is 0 Å². The van der Waals surface area contributed by atoms with Gasteiger partial charge in [-0.2, -0.15) is 4.31 Å². The molecule has 1 saturated heterocycles. The first kappa shape index (κ1) is 16.1. The second-order valence-corrected chi connectivity index (χ2v) is 7.56. The zero-order valence-electron chi connectivity index (χ0n) is 11.7. The molecule has 116 valence electrons. The summed E-state index contributed by atoms with van der Waals surface area (Å²) < 4.78 is 26.6. The van der Waals surface area contributed by atoms with E-state index in [1.165, 1.54) is 16.4 Å². The molecule has 4 N–H and O–H groups in total. The molecule has 0 aromatic heterocycles. The molecule has 1 unspecified atom stereocenters. The number of aryl methyl sites for hydroxylation is 1. The molecule has 0 radical (unpaired) electrons. The highest BCUT2D eigenvalue weighted by molar-refractivity contribution is 7.89. The number of piperidine rings is 1. The van der Waals surface area contributed by atoms with E-state index in [1.54, 1.807) is 6.92 Å². The van der Waals surface area contributed by atoms with Crippen LogP contribution in [0.15, 0.2) is 17.0 Å². The van der Waals surface area contributed by atoms with Gasteiger partial charge in [0.2, 0.25) is 15.9 Å². The molecule has 1 fully saturated rings. The fraction of sp³-hybridized carbons (Fsp3) is 0.462. The maximum Gasteiger partial charge on any atom is 0.244 e. The zero-order valence-corrected chi connectivity index (χ0v) is 13.2. The number of anilines is 1. The molecule has 6 nitrogen and oxygen atoms in total. The maximum atomic E-state index is 12.7. The third-order valence-corrected chi connectivity index (χ3v) is 6.05. The SMILES string of the molecule is Cc1cc(Cl)c(S(=O)(=O)N2CCCC(C(N)=O)C2)cc1N. The number of primary amides is 1. The maximum absolute atomic E-state index is 12.7. The summed E-state index contributed by atoms with van der Waals surface area (Å²) in [5.74, 6) is -0.945. The summed E-state index contributed by atoms with van der Waals surface area (Å²) in [5, 5.41) is 0.128. The van der Waals surface area contributed by atoms with Gasteiger partial charge in [0.05, 0.1) is 10.9 Å². The topological polar surface area (TPSA) is 106 Å². The summed E-state index contributed by atoms with van der Waals surface area (Å²) in [6.45, 7) is 2.18. The summed E-state index contributed by atoms with van der Waals surface area (Å²) in [6, 6.07) is 2.89. The van der Waals surface area contributed by atoms with Crippen LogP contribution in [0.2, 0.25) is 5.02 Å². The van der Waals surface area contributed by atoms with E-state index in [-0.39, 0.29) is 16.5 Å². The number of rotatable bonds is 3. The normalized spacial score (nSPS) is 20.4. The van der Waals surface area contributed by atoms with Gasteiger partial charge in [-0.15, -0.1) is 0 Å². The minimum absolute atomic E-state index is 0.0302. The first-order valence-corrected chi connectivity index (χ1v) is 8.40. The Morgan fingerprint density at radius 2 is 2.10 bits per heavy atom. The number of carbonyl (C=O) groups is 1. The Morgan fingerprint density at radius 3 is 2.71 bits per heavy atom. The molecule has 1 heterocycles. The zero-order chi connectivity index (χ0) is 15.8. The van der Waals surface area contributed by atoms with Gasteiger partial charge < -0.3 is 11.5 Å². The van der Waals surface area contributed by atoms with Crippen LogP contribution in [0.5, 0.6) is 0 Å². The highest BCUT2D eigenvalue weighted by atomic mass is 35.5. The number of hydrogen-bond acceptors (Lipinski definition) is 4.